The Morgan fingerprint density at radius 2 is 2.00 bits per heavy atom. The molecule has 0 aliphatic carbocycles. The summed E-state index contributed by atoms with van der Waals surface area (Å²) in [6.45, 7) is 2.99. The summed E-state index contributed by atoms with van der Waals surface area (Å²) in [4.78, 5) is 4.52. The van der Waals surface area contributed by atoms with Crippen molar-refractivity contribution in [1.29, 1.82) is 0 Å². The molecule has 0 radical (unpaired) electrons. The summed E-state index contributed by atoms with van der Waals surface area (Å²) in [7, 11) is 0. The van der Waals surface area contributed by atoms with E-state index in [4.69, 9.17) is 18.0 Å². The predicted octanol–water partition coefficient (Wildman–Crippen LogP) is 2.93. The molecule has 4 heteroatoms. The van der Waals surface area contributed by atoms with Gasteiger partial charge in [0.1, 0.15) is 10.7 Å². The molecule has 0 aliphatic heterocycles. The van der Waals surface area contributed by atoms with Crippen molar-refractivity contribution < 1.29 is 0 Å². The first kappa shape index (κ1) is 13.5. The van der Waals surface area contributed by atoms with E-state index < -0.39 is 0 Å². The van der Waals surface area contributed by atoms with Gasteiger partial charge in [0.2, 0.25) is 0 Å². The molecule has 3 nitrogen and oxygen atoms in total. The fourth-order valence-electron chi connectivity index (χ4n) is 1.91. The summed E-state index contributed by atoms with van der Waals surface area (Å²) in [5.41, 5.74) is 8.50. The number of hydrogen-bond acceptors (Lipinski definition) is 3. The van der Waals surface area contributed by atoms with E-state index in [0.717, 1.165) is 12.2 Å². The molecule has 0 saturated carbocycles. The van der Waals surface area contributed by atoms with E-state index in [1.807, 2.05) is 18.2 Å². The highest BCUT2D eigenvalue weighted by Crippen LogP contribution is 2.17. The Balaban J connectivity index is 2.05. The second-order valence-corrected chi connectivity index (χ2v) is 4.90. The van der Waals surface area contributed by atoms with Gasteiger partial charge in [0.05, 0.1) is 5.69 Å². The molecule has 1 atom stereocenters. The van der Waals surface area contributed by atoms with Gasteiger partial charge in [-0.1, -0.05) is 49.5 Å². The summed E-state index contributed by atoms with van der Waals surface area (Å²) in [5.74, 6) is 0.403. The number of nitrogens with one attached hydrogen (secondary N) is 1. The Morgan fingerprint density at radius 1 is 1.26 bits per heavy atom. The summed E-state index contributed by atoms with van der Waals surface area (Å²) in [5, 5.41) is 3.36. The molecule has 1 unspecified atom stereocenters. The van der Waals surface area contributed by atoms with Gasteiger partial charge in [-0.3, -0.25) is 4.98 Å². The zero-order chi connectivity index (χ0) is 13.7. The van der Waals surface area contributed by atoms with Crippen molar-refractivity contribution in [1.82, 2.24) is 4.98 Å². The lowest BCUT2D eigenvalue weighted by Gasteiger charge is -2.15. The molecule has 19 heavy (non-hydrogen) atoms. The van der Waals surface area contributed by atoms with Crippen LogP contribution in [0, 0.1) is 0 Å². The largest absolute Gasteiger partial charge is 0.388 e. The third-order valence-electron chi connectivity index (χ3n) is 3.01. The number of thiocarbonyl (C=S) groups is 1. The molecule has 0 saturated heterocycles. The van der Waals surface area contributed by atoms with Crippen LogP contribution in [0.2, 0.25) is 0 Å². The van der Waals surface area contributed by atoms with Crippen molar-refractivity contribution >= 4 is 22.9 Å². The van der Waals surface area contributed by atoms with Crippen LogP contribution in [-0.2, 0) is 0 Å². The molecule has 0 amide bonds. The maximum Gasteiger partial charge on any atom is 0.124 e. The minimum Gasteiger partial charge on any atom is -0.388 e. The standard InChI is InChI=1S/C15H17N3S/c1-11(12-6-3-2-4-7-12)10-18-13-8-5-9-17-14(13)15(16)19/h2-9,11,18H,10H2,1H3,(H2,16,19). The SMILES string of the molecule is CC(CNc1cccnc1C(N)=S)c1ccccc1. The van der Waals surface area contributed by atoms with E-state index in [-0.39, 0.29) is 0 Å². The number of anilines is 1. The van der Waals surface area contributed by atoms with Crippen molar-refractivity contribution in [3.63, 3.8) is 0 Å². The summed E-state index contributed by atoms with van der Waals surface area (Å²) in [6, 6.07) is 14.2. The van der Waals surface area contributed by atoms with Crippen LogP contribution in [-0.4, -0.2) is 16.5 Å². The van der Waals surface area contributed by atoms with Gasteiger partial charge >= 0.3 is 0 Å². The van der Waals surface area contributed by atoms with Crippen molar-refractivity contribution in [2.45, 2.75) is 12.8 Å². The molecule has 3 N–H and O–H groups in total. The van der Waals surface area contributed by atoms with E-state index >= 15 is 0 Å². The number of hydrogen-bond donors (Lipinski definition) is 2. The summed E-state index contributed by atoms with van der Waals surface area (Å²) < 4.78 is 0. The summed E-state index contributed by atoms with van der Waals surface area (Å²) >= 11 is 5.00. The van der Waals surface area contributed by atoms with Crippen LogP contribution in [0.1, 0.15) is 24.1 Å². The van der Waals surface area contributed by atoms with Gasteiger partial charge in [-0.2, -0.15) is 0 Å². The zero-order valence-corrected chi connectivity index (χ0v) is 11.7. The quantitative estimate of drug-likeness (QED) is 0.821. The smallest absolute Gasteiger partial charge is 0.124 e. The minimum absolute atomic E-state index is 0.315. The predicted molar refractivity (Wildman–Crippen MR) is 83.5 cm³/mol. The van der Waals surface area contributed by atoms with Crippen LogP contribution in [0.5, 0.6) is 0 Å². The van der Waals surface area contributed by atoms with E-state index in [0.29, 0.717) is 16.6 Å². The highest BCUT2D eigenvalue weighted by atomic mass is 32.1. The fraction of sp³-hybridized carbons (Fsp3) is 0.200. The number of pyridine rings is 1. The molecular formula is C15H17N3S. The first-order valence-corrected chi connectivity index (χ1v) is 6.63. The van der Waals surface area contributed by atoms with Crippen LogP contribution in [0.15, 0.2) is 48.7 Å². The lowest BCUT2D eigenvalue weighted by Crippen LogP contribution is -2.17. The van der Waals surface area contributed by atoms with Crippen LogP contribution in [0.25, 0.3) is 0 Å². The minimum atomic E-state index is 0.315. The molecule has 0 bridgehead atoms. The lowest BCUT2D eigenvalue weighted by molar-refractivity contribution is 0.804. The van der Waals surface area contributed by atoms with Gasteiger partial charge in [-0.25, -0.2) is 0 Å². The highest BCUT2D eigenvalue weighted by Gasteiger charge is 2.08. The average Bonchev–Trinajstić information content (AvgIpc) is 2.46. The van der Waals surface area contributed by atoms with Crippen molar-refractivity contribution in [2.24, 2.45) is 5.73 Å². The maximum atomic E-state index is 5.66. The topological polar surface area (TPSA) is 50.9 Å². The molecule has 2 rings (SSSR count). The molecule has 0 aliphatic rings. The van der Waals surface area contributed by atoms with Gasteiger partial charge in [0, 0.05) is 12.7 Å². The van der Waals surface area contributed by atoms with E-state index in [9.17, 15) is 0 Å². The Morgan fingerprint density at radius 3 is 2.68 bits per heavy atom. The monoisotopic (exact) mass is 271 g/mol. The normalized spacial score (nSPS) is 11.8. The number of benzene rings is 1. The van der Waals surface area contributed by atoms with Crippen molar-refractivity contribution in [3.05, 3.63) is 59.9 Å². The molecule has 98 valence electrons. The summed E-state index contributed by atoms with van der Waals surface area (Å²) in [6.07, 6.45) is 1.69. The second-order valence-electron chi connectivity index (χ2n) is 4.46. The molecule has 0 fully saturated rings. The zero-order valence-electron chi connectivity index (χ0n) is 10.8. The molecule has 2 aromatic rings. The third kappa shape index (κ3) is 3.51. The Kier molecular flexibility index (Phi) is 4.47. The molecule has 1 aromatic heterocycles. The number of nitrogens with zero attached hydrogens (tertiary/aromatic N) is 1. The van der Waals surface area contributed by atoms with E-state index in [1.54, 1.807) is 6.20 Å². The van der Waals surface area contributed by atoms with Gasteiger partial charge in [-0.15, -0.1) is 0 Å². The Hall–Kier alpha value is -1.94. The Bertz CT molecular complexity index is 554. The first-order valence-electron chi connectivity index (χ1n) is 6.22. The molecule has 1 aromatic carbocycles. The van der Waals surface area contributed by atoms with Crippen LogP contribution < -0.4 is 11.1 Å². The molecule has 0 spiro atoms. The second kappa shape index (κ2) is 6.29. The van der Waals surface area contributed by atoms with Gasteiger partial charge in [-0.05, 0) is 23.6 Å². The number of rotatable bonds is 5. The van der Waals surface area contributed by atoms with Crippen LogP contribution in [0.3, 0.4) is 0 Å². The molecular weight excluding hydrogens is 254 g/mol. The van der Waals surface area contributed by atoms with Gasteiger partial charge in [0.15, 0.2) is 0 Å². The van der Waals surface area contributed by atoms with E-state index in [1.165, 1.54) is 5.56 Å². The number of nitrogens with two attached hydrogens (primary N) is 1. The average molecular weight is 271 g/mol. The fourth-order valence-corrected chi connectivity index (χ4v) is 2.07. The van der Waals surface area contributed by atoms with Crippen molar-refractivity contribution in [2.75, 3.05) is 11.9 Å². The van der Waals surface area contributed by atoms with Crippen molar-refractivity contribution in [3.8, 4) is 0 Å². The Labute approximate surface area is 118 Å². The third-order valence-corrected chi connectivity index (χ3v) is 3.20. The first-order chi connectivity index (χ1) is 9.18. The van der Waals surface area contributed by atoms with Gasteiger partial charge in [0.25, 0.3) is 0 Å². The number of aromatic nitrogens is 1. The van der Waals surface area contributed by atoms with Crippen LogP contribution >= 0.6 is 12.2 Å². The van der Waals surface area contributed by atoms with E-state index in [2.05, 4.69) is 41.5 Å². The van der Waals surface area contributed by atoms with Gasteiger partial charge < -0.3 is 11.1 Å². The highest BCUT2D eigenvalue weighted by molar-refractivity contribution is 7.80. The lowest BCUT2D eigenvalue weighted by atomic mass is 10.0. The molecule has 1 heterocycles. The maximum absolute atomic E-state index is 5.66. The van der Waals surface area contributed by atoms with Crippen LogP contribution in [0.4, 0.5) is 5.69 Å².